The van der Waals surface area contributed by atoms with Crippen LogP contribution in [-0.4, -0.2) is 0 Å². The molecule has 0 saturated heterocycles. The number of ether oxygens (including phenoxy) is 2. The molecule has 0 radical (unpaired) electrons. The normalized spacial score (nSPS) is 10.9. The molecule has 5 N–H and O–H groups in total. The first kappa shape index (κ1) is 30.1. The molecular formula is C26H22ClF6N3O2. The number of nitrogen functional groups attached to an aromatic ring is 2. The van der Waals surface area contributed by atoms with Gasteiger partial charge >= 0.3 is 12.4 Å². The Kier molecular flexibility index (Phi) is 10.3. The van der Waals surface area contributed by atoms with Crippen LogP contribution in [0.1, 0.15) is 11.1 Å². The van der Waals surface area contributed by atoms with Gasteiger partial charge in [0.2, 0.25) is 0 Å². The molecule has 0 aliphatic carbocycles. The lowest BCUT2D eigenvalue weighted by Gasteiger charge is -2.10. The van der Waals surface area contributed by atoms with E-state index in [0.717, 1.165) is 24.3 Å². The highest BCUT2D eigenvalue weighted by atomic mass is 35.5. The van der Waals surface area contributed by atoms with Gasteiger partial charge in [-0.05, 0) is 84.9 Å². The Morgan fingerprint density at radius 2 is 0.947 bits per heavy atom. The maximum absolute atomic E-state index is 12.5. The fourth-order valence-electron chi connectivity index (χ4n) is 2.90. The minimum absolute atomic E-state index is 0. The van der Waals surface area contributed by atoms with Gasteiger partial charge in [0.15, 0.2) is 0 Å². The summed E-state index contributed by atoms with van der Waals surface area (Å²) in [5.41, 5.74) is 7.69. The first-order valence-electron chi connectivity index (χ1n) is 10.6. The van der Waals surface area contributed by atoms with Crippen LogP contribution in [0.3, 0.4) is 0 Å². The maximum atomic E-state index is 12.5. The van der Waals surface area contributed by atoms with Crippen molar-refractivity contribution in [3.05, 3.63) is 108 Å². The molecule has 0 fully saturated rings. The monoisotopic (exact) mass is 557 g/mol. The maximum Gasteiger partial charge on any atom is 0.416 e. The molecule has 0 bridgehead atoms. The van der Waals surface area contributed by atoms with Crippen LogP contribution < -0.4 is 26.5 Å². The summed E-state index contributed by atoms with van der Waals surface area (Å²) in [5.74, 6) is 6.33. The van der Waals surface area contributed by atoms with E-state index in [2.05, 4.69) is 5.43 Å². The summed E-state index contributed by atoms with van der Waals surface area (Å²) >= 11 is 0. The van der Waals surface area contributed by atoms with Crippen LogP contribution in [0.5, 0.6) is 23.0 Å². The molecule has 0 atom stereocenters. The summed E-state index contributed by atoms with van der Waals surface area (Å²) < 4.78 is 85.7. The molecular weight excluding hydrogens is 536 g/mol. The second-order valence-electron chi connectivity index (χ2n) is 7.49. The van der Waals surface area contributed by atoms with Crippen LogP contribution in [-0.2, 0) is 12.4 Å². The molecule has 0 heterocycles. The number of hydrogen-bond donors (Lipinski definition) is 3. The zero-order valence-electron chi connectivity index (χ0n) is 19.4. The molecule has 4 rings (SSSR count). The molecule has 0 aromatic heterocycles. The predicted molar refractivity (Wildman–Crippen MR) is 135 cm³/mol. The zero-order chi connectivity index (χ0) is 27.1. The highest BCUT2D eigenvalue weighted by molar-refractivity contribution is 5.85. The molecule has 4 aromatic rings. The van der Waals surface area contributed by atoms with Gasteiger partial charge in [-0.15, -0.1) is 12.4 Å². The van der Waals surface area contributed by atoms with E-state index in [1.54, 1.807) is 48.5 Å². The Morgan fingerprint density at radius 3 is 1.32 bits per heavy atom. The lowest BCUT2D eigenvalue weighted by molar-refractivity contribution is -0.138. The summed E-state index contributed by atoms with van der Waals surface area (Å²) in [4.78, 5) is 0. The summed E-state index contributed by atoms with van der Waals surface area (Å²) in [6.07, 6.45) is -8.76. The number of rotatable bonds is 5. The number of anilines is 2. The molecule has 5 nitrogen and oxygen atoms in total. The minimum atomic E-state index is -4.38. The average molecular weight is 558 g/mol. The molecule has 4 aromatic carbocycles. The minimum Gasteiger partial charge on any atom is -0.457 e. The largest absolute Gasteiger partial charge is 0.457 e. The third-order valence-corrected chi connectivity index (χ3v) is 4.70. The Labute approximate surface area is 220 Å². The number of hydrazine groups is 1. The van der Waals surface area contributed by atoms with Crippen LogP contribution in [0.2, 0.25) is 0 Å². The molecule has 0 aliphatic rings. The van der Waals surface area contributed by atoms with Gasteiger partial charge in [-0.1, -0.05) is 12.1 Å². The topological polar surface area (TPSA) is 82.5 Å². The van der Waals surface area contributed by atoms with Crippen molar-refractivity contribution in [2.75, 3.05) is 11.2 Å². The Morgan fingerprint density at radius 1 is 0.553 bits per heavy atom. The van der Waals surface area contributed by atoms with Crippen LogP contribution in [0, 0.1) is 0 Å². The highest BCUT2D eigenvalue weighted by Gasteiger charge is 2.31. The van der Waals surface area contributed by atoms with Crippen LogP contribution in [0.4, 0.5) is 37.7 Å². The van der Waals surface area contributed by atoms with E-state index >= 15 is 0 Å². The van der Waals surface area contributed by atoms with Crippen LogP contribution >= 0.6 is 12.4 Å². The van der Waals surface area contributed by atoms with Crippen molar-refractivity contribution in [2.24, 2.45) is 5.84 Å². The first-order chi connectivity index (χ1) is 17.4. The van der Waals surface area contributed by atoms with E-state index in [0.29, 0.717) is 22.9 Å². The zero-order valence-corrected chi connectivity index (χ0v) is 20.2. The quantitative estimate of drug-likeness (QED) is 0.0995. The van der Waals surface area contributed by atoms with Crippen molar-refractivity contribution in [1.29, 1.82) is 0 Å². The van der Waals surface area contributed by atoms with Gasteiger partial charge in [-0.3, -0.25) is 5.84 Å². The van der Waals surface area contributed by atoms with E-state index < -0.39 is 23.5 Å². The van der Waals surface area contributed by atoms with E-state index in [4.69, 9.17) is 21.1 Å². The van der Waals surface area contributed by atoms with Crippen LogP contribution in [0.25, 0.3) is 0 Å². The Balaban J connectivity index is 0.000000260. The molecule has 0 aliphatic heterocycles. The summed E-state index contributed by atoms with van der Waals surface area (Å²) in [5, 5.41) is 0. The van der Waals surface area contributed by atoms with Gasteiger partial charge in [0.25, 0.3) is 0 Å². The highest BCUT2D eigenvalue weighted by Crippen LogP contribution is 2.34. The van der Waals surface area contributed by atoms with Gasteiger partial charge in [0.05, 0.1) is 11.1 Å². The smallest absolute Gasteiger partial charge is 0.416 e. The standard InChI is InChI=1S/C13H11F3N2O.C13H10F3NO.ClH/c14-13(15,16)9-2-1-3-12(8-9)19-11-6-4-10(18-17)5-7-11;14-13(15,16)9-2-1-3-12(8-9)18-11-6-4-10(17)5-7-11;/h1-8,18H,17H2;1-8H,17H2;1H. The Bertz CT molecular complexity index is 1300. The fourth-order valence-corrected chi connectivity index (χ4v) is 2.90. The first-order valence-corrected chi connectivity index (χ1v) is 10.6. The van der Waals surface area contributed by atoms with Gasteiger partial charge in [0.1, 0.15) is 23.0 Å². The van der Waals surface area contributed by atoms with Crippen molar-refractivity contribution in [3.63, 3.8) is 0 Å². The summed E-state index contributed by atoms with van der Waals surface area (Å²) in [6.45, 7) is 0. The summed E-state index contributed by atoms with van der Waals surface area (Å²) in [7, 11) is 0. The number of nitrogens with one attached hydrogen (secondary N) is 1. The number of nitrogens with two attached hydrogens (primary N) is 2. The van der Waals surface area contributed by atoms with Crippen molar-refractivity contribution < 1.29 is 35.8 Å². The van der Waals surface area contributed by atoms with Gasteiger partial charge in [0, 0.05) is 11.4 Å². The van der Waals surface area contributed by atoms with E-state index in [1.165, 1.54) is 24.3 Å². The lowest BCUT2D eigenvalue weighted by Crippen LogP contribution is -2.06. The number of alkyl halides is 6. The second kappa shape index (κ2) is 12.9. The number of hydrogen-bond acceptors (Lipinski definition) is 5. The SMILES string of the molecule is Cl.NNc1ccc(Oc2cccc(C(F)(F)F)c2)cc1.Nc1ccc(Oc2cccc(C(F)(F)F)c2)cc1. The van der Waals surface area contributed by atoms with Gasteiger partial charge < -0.3 is 20.6 Å². The van der Waals surface area contributed by atoms with Crippen molar-refractivity contribution in [2.45, 2.75) is 12.4 Å². The molecule has 0 spiro atoms. The van der Waals surface area contributed by atoms with Gasteiger partial charge in [-0.25, -0.2) is 0 Å². The average Bonchev–Trinajstić information content (AvgIpc) is 2.86. The lowest BCUT2D eigenvalue weighted by atomic mass is 10.2. The predicted octanol–water partition coefficient (Wildman–Crippen LogP) is 8.29. The number of benzene rings is 4. The number of halogens is 7. The van der Waals surface area contributed by atoms with E-state index in [1.807, 2.05) is 0 Å². The third-order valence-electron chi connectivity index (χ3n) is 4.70. The fraction of sp³-hybridized carbons (Fsp3) is 0.0769. The van der Waals surface area contributed by atoms with E-state index in [9.17, 15) is 26.3 Å². The molecule has 38 heavy (non-hydrogen) atoms. The molecule has 0 amide bonds. The van der Waals surface area contributed by atoms with Gasteiger partial charge in [-0.2, -0.15) is 26.3 Å². The van der Waals surface area contributed by atoms with Crippen molar-refractivity contribution >= 4 is 23.8 Å². The Hall–Kier alpha value is -4.09. The van der Waals surface area contributed by atoms with E-state index in [-0.39, 0.29) is 23.9 Å². The second-order valence-corrected chi connectivity index (χ2v) is 7.49. The van der Waals surface area contributed by atoms with Crippen molar-refractivity contribution in [3.8, 4) is 23.0 Å². The summed E-state index contributed by atoms with van der Waals surface area (Å²) in [6, 6.07) is 22.4. The van der Waals surface area contributed by atoms with Crippen molar-refractivity contribution in [1.82, 2.24) is 0 Å². The van der Waals surface area contributed by atoms with Crippen LogP contribution in [0.15, 0.2) is 97.1 Å². The third kappa shape index (κ3) is 9.09. The molecule has 0 saturated carbocycles. The molecule has 202 valence electrons. The molecule has 12 heteroatoms. The molecule has 0 unspecified atom stereocenters.